The van der Waals surface area contributed by atoms with E-state index in [1.807, 2.05) is 18.4 Å². The van der Waals surface area contributed by atoms with Crippen molar-refractivity contribution in [2.45, 2.75) is 19.4 Å². The number of terminal acetylenes is 1. The zero-order chi connectivity index (χ0) is 14.0. The van der Waals surface area contributed by atoms with Gasteiger partial charge in [-0.1, -0.05) is 5.92 Å². The molecule has 1 aromatic heterocycles. The fraction of sp³-hybridized carbons (Fsp3) is 0.462. The summed E-state index contributed by atoms with van der Waals surface area (Å²) >= 11 is 1.36. The zero-order valence-corrected chi connectivity index (χ0v) is 12.3. The highest BCUT2D eigenvalue weighted by Crippen LogP contribution is 2.23. The summed E-state index contributed by atoms with van der Waals surface area (Å²) in [6.07, 6.45) is 5.78. The molecular formula is C13H15NO3S2. The number of rotatable bonds is 3. The van der Waals surface area contributed by atoms with E-state index in [0.29, 0.717) is 11.3 Å². The highest BCUT2D eigenvalue weighted by molar-refractivity contribution is 7.91. The molecule has 0 aromatic carbocycles. The van der Waals surface area contributed by atoms with Crippen molar-refractivity contribution in [2.75, 3.05) is 18.1 Å². The standard InChI is InChI=1S/C13H15NO3S2/c1-3-6-14(11-5-8-19(16,17)9-11)13(15)12-10(2)4-7-18-12/h1,4,7,11H,5-6,8-9H2,2H3. The van der Waals surface area contributed by atoms with Gasteiger partial charge in [0.2, 0.25) is 0 Å². The van der Waals surface area contributed by atoms with Gasteiger partial charge in [-0.3, -0.25) is 4.79 Å². The van der Waals surface area contributed by atoms with Gasteiger partial charge in [-0.2, -0.15) is 0 Å². The average molecular weight is 297 g/mol. The van der Waals surface area contributed by atoms with Crippen molar-refractivity contribution < 1.29 is 13.2 Å². The third-order valence-electron chi connectivity index (χ3n) is 3.23. The molecule has 1 aromatic rings. The van der Waals surface area contributed by atoms with Crippen LogP contribution in [-0.2, 0) is 9.84 Å². The second-order valence-electron chi connectivity index (χ2n) is 4.63. The lowest BCUT2D eigenvalue weighted by molar-refractivity contribution is 0.0728. The van der Waals surface area contributed by atoms with Gasteiger partial charge in [0.25, 0.3) is 5.91 Å². The van der Waals surface area contributed by atoms with Gasteiger partial charge >= 0.3 is 0 Å². The molecule has 0 bridgehead atoms. The van der Waals surface area contributed by atoms with E-state index in [9.17, 15) is 13.2 Å². The van der Waals surface area contributed by atoms with Crippen molar-refractivity contribution in [1.29, 1.82) is 0 Å². The third-order valence-corrected chi connectivity index (χ3v) is 5.98. The first kappa shape index (κ1) is 14.1. The summed E-state index contributed by atoms with van der Waals surface area (Å²) in [5.41, 5.74) is 0.901. The molecule has 0 aliphatic carbocycles. The average Bonchev–Trinajstić information content (AvgIpc) is 2.91. The highest BCUT2D eigenvalue weighted by atomic mass is 32.2. The number of thiophene rings is 1. The maximum atomic E-state index is 12.5. The summed E-state index contributed by atoms with van der Waals surface area (Å²) in [5.74, 6) is 2.44. The SMILES string of the molecule is C#CCN(C(=O)c1sccc1C)C1CCS(=O)(=O)C1. The van der Waals surface area contributed by atoms with E-state index in [2.05, 4.69) is 5.92 Å². The van der Waals surface area contributed by atoms with E-state index in [-0.39, 0.29) is 30.0 Å². The lowest BCUT2D eigenvalue weighted by atomic mass is 10.2. The topological polar surface area (TPSA) is 54.5 Å². The number of hydrogen-bond donors (Lipinski definition) is 0. The lowest BCUT2D eigenvalue weighted by Crippen LogP contribution is -2.41. The van der Waals surface area contributed by atoms with E-state index in [4.69, 9.17) is 6.42 Å². The van der Waals surface area contributed by atoms with E-state index in [0.717, 1.165) is 5.56 Å². The van der Waals surface area contributed by atoms with Crippen LogP contribution in [0.2, 0.25) is 0 Å². The van der Waals surface area contributed by atoms with Gasteiger partial charge in [-0.25, -0.2) is 8.42 Å². The second-order valence-corrected chi connectivity index (χ2v) is 7.77. The van der Waals surface area contributed by atoms with Crippen molar-refractivity contribution >= 4 is 27.1 Å². The van der Waals surface area contributed by atoms with Gasteiger partial charge in [-0.15, -0.1) is 17.8 Å². The molecule has 0 N–H and O–H groups in total. The minimum absolute atomic E-state index is 0.0187. The lowest BCUT2D eigenvalue weighted by Gasteiger charge is -2.26. The molecule has 1 atom stereocenters. The molecule has 1 aliphatic rings. The van der Waals surface area contributed by atoms with Crippen LogP contribution < -0.4 is 0 Å². The van der Waals surface area contributed by atoms with Gasteiger partial charge in [0.05, 0.1) is 22.9 Å². The Morgan fingerprint density at radius 2 is 2.37 bits per heavy atom. The quantitative estimate of drug-likeness (QED) is 0.791. The molecule has 2 rings (SSSR count). The van der Waals surface area contributed by atoms with Crippen molar-refractivity contribution in [3.8, 4) is 12.3 Å². The Kier molecular flexibility index (Phi) is 3.97. The van der Waals surface area contributed by atoms with Crippen molar-refractivity contribution in [3.63, 3.8) is 0 Å². The first-order valence-electron chi connectivity index (χ1n) is 5.93. The molecule has 1 aliphatic heterocycles. The minimum Gasteiger partial charge on any atom is -0.323 e. The summed E-state index contributed by atoms with van der Waals surface area (Å²) in [6.45, 7) is 2.01. The first-order chi connectivity index (χ1) is 8.94. The van der Waals surface area contributed by atoms with Crippen molar-refractivity contribution in [3.05, 3.63) is 21.9 Å². The van der Waals surface area contributed by atoms with Gasteiger partial charge in [-0.05, 0) is 30.4 Å². The van der Waals surface area contributed by atoms with Gasteiger partial charge in [0.15, 0.2) is 9.84 Å². The minimum atomic E-state index is -3.03. The summed E-state index contributed by atoms with van der Waals surface area (Å²) in [4.78, 5) is 14.6. The Balaban J connectivity index is 2.24. The highest BCUT2D eigenvalue weighted by Gasteiger charge is 2.35. The number of carbonyl (C=O) groups is 1. The largest absolute Gasteiger partial charge is 0.323 e. The number of nitrogens with zero attached hydrogens (tertiary/aromatic N) is 1. The van der Waals surface area contributed by atoms with Crippen LogP contribution in [0, 0.1) is 19.3 Å². The van der Waals surface area contributed by atoms with Crippen LogP contribution in [0.5, 0.6) is 0 Å². The van der Waals surface area contributed by atoms with Crippen molar-refractivity contribution in [2.24, 2.45) is 0 Å². The number of amides is 1. The Bertz CT molecular complexity index is 625. The van der Waals surface area contributed by atoms with Gasteiger partial charge < -0.3 is 4.90 Å². The third kappa shape index (κ3) is 2.99. The Morgan fingerprint density at radius 3 is 2.84 bits per heavy atom. The summed E-state index contributed by atoms with van der Waals surface area (Å²) in [5, 5.41) is 1.85. The van der Waals surface area contributed by atoms with Crippen LogP contribution >= 0.6 is 11.3 Å². The predicted molar refractivity (Wildman–Crippen MR) is 76.0 cm³/mol. The number of hydrogen-bond acceptors (Lipinski definition) is 4. The summed E-state index contributed by atoms with van der Waals surface area (Å²) in [6, 6.07) is 1.58. The van der Waals surface area contributed by atoms with Crippen LogP contribution in [0.1, 0.15) is 21.7 Å². The van der Waals surface area contributed by atoms with E-state index < -0.39 is 9.84 Å². The fourth-order valence-electron chi connectivity index (χ4n) is 2.21. The van der Waals surface area contributed by atoms with Crippen LogP contribution in [0.15, 0.2) is 11.4 Å². The first-order valence-corrected chi connectivity index (χ1v) is 8.63. The molecule has 19 heavy (non-hydrogen) atoms. The van der Waals surface area contributed by atoms with E-state index in [1.54, 1.807) is 0 Å². The molecule has 2 heterocycles. The molecule has 1 fully saturated rings. The van der Waals surface area contributed by atoms with E-state index >= 15 is 0 Å². The van der Waals surface area contributed by atoms with Crippen LogP contribution in [-0.4, -0.2) is 43.3 Å². The Hall–Kier alpha value is -1.32. The second kappa shape index (κ2) is 5.35. The smallest absolute Gasteiger partial charge is 0.265 e. The molecule has 0 saturated carbocycles. The van der Waals surface area contributed by atoms with Gasteiger partial charge in [0, 0.05) is 6.04 Å². The maximum Gasteiger partial charge on any atom is 0.265 e. The fourth-order valence-corrected chi connectivity index (χ4v) is 4.82. The number of carbonyl (C=O) groups excluding carboxylic acids is 1. The molecule has 0 spiro atoms. The Morgan fingerprint density at radius 1 is 1.63 bits per heavy atom. The maximum absolute atomic E-state index is 12.5. The monoisotopic (exact) mass is 297 g/mol. The number of sulfone groups is 1. The molecule has 1 unspecified atom stereocenters. The molecule has 1 amide bonds. The molecular weight excluding hydrogens is 282 g/mol. The van der Waals surface area contributed by atoms with Crippen molar-refractivity contribution in [1.82, 2.24) is 4.90 Å². The summed E-state index contributed by atoms with van der Waals surface area (Å²) in [7, 11) is -3.03. The van der Waals surface area contributed by atoms with E-state index in [1.165, 1.54) is 16.2 Å². The molecule has 1 saturated heterocycles. The van der Waals surface area contributed by atoms with Crippen LogP contribution in [0.4, 0.5) is 0 Å². The molecule has 0 radical (unpaired) electrons. The van der Waals surface area contributed by atoms with Crippen LogP contribution in [0.25, 0.3) is 0 Å². The molecule has 4 nitrogen and oxygen atoms in total. The predicted octanol–water partition coefficient (Wildman–Crippen LogP) is 1.32. The molecule has 102 valence electrons. The normalized spacial score (nSPS) is 20.9. The molecule has 6 heteroatoms. The van der Waals surface area contributed by atoms with Crippen LogP contribution in [0.3, 0.4) is 0 Å². The number of aryl methyl sites for hydroxylation is 1. The zero-order valence-electron chi connectivity index (χ0n) is 10.6. The summed E-state index contributed by atoms with van der Waals surface area (Å²) < 4.78 is 23.1. The Labute approximate surface area is 117 Å². The van der Waals surface area contributed by atoms with Gasteiger partial charge in [0.1, 0.15) is 0 Å².